The van der Waals surface area contributed by atoms with Crippen LogP contribution in [0.5, 0.6) is 0 Å². The highest BCUT2D eigenvalue weighted by atomic mass is 35.5. The molecule has 0 aliphatic carbocycles. The standard InChI is InChI=1S/C2H2ClF3O3S/c3-1(4)2(5,6)10(7,8)9/h1H,(H,7,8,9). The van der Waals surface area contributed by atoms with Gasteiger partial charge in [-0.15, -0.1) is 0 Å². The molecule has 0 aliphatic heterocycles. The zero-order valence-electron chi connectivity index (χ0n) is 4.26. The van der Waals surface area contributed by atoms with E-state index in [1.54, 1.807) is 0 Å². The van der Waals surface area contributed by atoms with E-state index in [1.807, 2.05) is 0 Å². The molecule has 1 unspecified atom stereocenters. The van der Waals surface area contributed by atoms with Gasteiger partial charge in [-0.25, -0.2) is 4.39 Å². The first-order chi connectivity index (χ1) is 4.19. The van der Waals surface area contributed by atoms with Crippen molar-refractivity contribution in [2.75, 3.05) is 0 Å². The van der Waals surface area contributed by atoms with E-state index in [9.17, 15) is 21.6 Å². The molecule has 0 amide bonds. The van der Waals surface area contributed by atoms with E-state index in [1.165, 1.54) is 0 Å². The van der Waals surface area contributed by atoms with Gasteiger partial charge in [-0.3, -0.25) is 4.55 Å². The van der Waals surface area contributed by atoms with Crippen molar-refractivity contribution in [2.24, 2.45) is 0 Å². The lowest BCUT2D eigenvalue weighted by atomic mass is 10.8. The van der Waals surface area contributed by atoms with E-state index in [0.717, 1.165) is 0 Å². The first-order valence-electron chi connectivity index (χ1n) is 1.82. The molecule has 0 aliphatic rings. The molecule has 0 rings (SSSR count). The van der Waals surface area contributed by atoms with Gasteiger partial charge in [0, 0.05) is 0 Å². The third-order valence-corrected chi connectivity index (χ3v) is 1.90. The Labute approximate surface area is 59.5 Å². The summed E-state index contributed by atoms with van der Waals surface area (Å²) in [5.41, 5.74) is -3.44. The summed E-state index contributed by atoms with van der Waals surface area (Å²) in [6.07, 6.45) is 0. The summed E-state index contributed by atoms with van der Waals surface area (Å²) in [6, 6.07) is 0. The van der Waals surface area contributed by atoms with Crippen LogP contribution in [0.2, 0.25) is 0 Å². The largest absolute Gasteiger partial charge is 0.413 e. The van der Waals surface area contributed by atoms with Crippen LogP contribution in [0.15, 0.2) is 0 Å². The molecule has 0 heterocycles. The average Bonchev–Trinajstić information content (AvgIpc) is 1.62. The maximum atomic E-state index is 11.7. The van der Waals surface area contributed by atoms with Crippen molar-refractivity contribution in [1.82, 2.24) is 0 Å². The van der Waals surface area contributed by atoms with Crippen molar-refractivity contribution in [3.8, 4) is 0 Å². The highest BCUT2D eigenvalue weighted by Crippen LogP contribution is 2.29. The van der Waals surface area contributed by atoms with Gasteiger partial charge in [-0.05, 0) is 0 Å². The molecule has 0 radical (unpaired) electrons. The Hall–Kier alpha value is -0.0100. The lowest BCUT2D eigenvalue weighted by molar-refractivity contribution is 0.0336. The molecule has 0 saturated heterocycles. The Balaban J connectivity index is 4.76. The zero-order valence-corrected chi connectivity index (χ0v) is 5.83. The topological polar surface area (TPSA) is 54.4 Å². The van der Waals surface area contributed by atoms with Crippen LogP contribution < -0.4 is 0 Å². The smallest absolute Gasteiger partial charge is 0.281 e. The summed E-state index contributed by atoms with van der Waals surface area (Å²) >= 11 is 4.10. The van der Waals surface area contributed by atoms with Crippen LogP contribution in [-0.4, -0.2) is 23.9 Å². The fourth-order valence-electron chi connectivity index (χ4n) is 0.113. The summed E-state index contributed by atoms with van der Waals surface area (Å²) in [7, 11) is -5.74. The SMILES string of the molecule is O=S(=O)(O)C(F)(F)C(F)Cl. The quantitative estimate of drug-likeness (QED) is 0.532. The molecule has 0 spiro atoms. The van der Waals surface area contributed by atoms with Crippen LogP contribution in [-0.2, 0) is 10.1 Å². The molecule has 0 bridgehead atoms. The first-order valence-corrected chi connectivity index (χ1v) is 3.70. The number of rotatable bonds is 2. The van der Waals surface area contributed by atoms with Gasteiger partial charge in [-0.1, -0.05) is 11.6 Å². The molecule has 0 aromatic heterocycles. The fourth-order valence-corrected chi connectivity index (χ4v) is 0.675. The van der Waals surface area contributed by atoms with Gasteiger partial charge in [0.1, 0.15) is 0 Å². The molecule has 62 valence electrons. The minimum absolute atomic E-state index is 3.44. The molecule has 0 fully saturated rings. The maximum absolute atomic E-state index is 11.7. The monoisotopic (exact) mass is 198 g/mol. The normalized spacial score (nSPS) is 16.9. The van der Waals surface area contributed by atoms with Crippen LogP contribution >= 0.6 is 11.6 Å². The minimum atomic E-state index is -5.74. The van der Waals surface area contributed by atoms with Crippen molar-refractivity contribution >= 4 is 21.7 Å². The van der Waals surface area contributed by atoms with Gasteiger partial charge in [0.05, 0.1) is 0 Å². The van der Waals surface area contributed by atoms with E-state index in [-0.39, 0.29) is 0 Å². The molecule has 1 atom stereocenters. The molecular weight excluding hydrogens is 197 g/mol. The van der Waals surface area contributed by atoms with Crippen molar-refractivity contribution in [2.45, 2.75) is 10.9 Å². The van der Waals surface area contributed by atoms with Crippen LogP contribution in [0.4, 0.5) is 13.2 Å². The zero-order chi connectivity index (χ0) is 8.58. The molecule has 0 saturated carbocycles. The molecule has 10 heavy (non-hydrogen) atoms. The maximum Gasteiger partial charge on any atom is 0.413 e. The van der Waals surface area contributed by atoms with Crippen LogP contribution in [0.25, 0.3) is 0 Å². The second kappa shape index (κ2) is 2.55. The van der Waals surface area contributed by atoms with Gasteiger partial charge in [0.15, 0.2) is 0 Å². The summed E-state index contributed by atoms with van der Waals surface area (Å²) in [6.45, 7) is 0. The molecule has 8 heteroatoms. The highest BCUT2D eigenvalue weighted by molar-refractivity contribution is 7.87. The summed E-state index contributed by atoms with van der Waals surface area (Å²) < 4.78 is 61.6. The second-order valence-electron chi connectivity index (χ2n) is 1.34. The van der Waals surface area contributed by atoms with Gasteiger partial charge >= 0.3 is 15.4 Å². The van der Waals surface area contributed by atoms with Gasteiger partial charge in [-0.2, -0.15) is 17.2 Å². The van der Waals surface area contributed by atoms with Crippen molar-refractivity contribution < 1.29 is 26.1 Å². The van der Waals surface area contributed by atoms with Gasteiger partial charge in [0.2, 0.25) is 0 Å². The summed E-state index contributed by atoms with van der Waals surface area (Å²) in [5, 5.41) is -4.94. The Kier molecular flexibility index (Phi) is 2.55. The Morgan fingerprint density at radius 2 is 1.80 bits per heavy atom. The Bertz CT molecular complexity index is 210. The predicted octanol–water partition coefficient (Wildman–Crippen LogP) is 1.00. The molecule has 1 N–H and O–H groups in total. The van der Waals surface area contributed by atoms with Crippen molar-refractivity contribution in [1.29, 1.82) is 0 Å². The van der Waals surface area contributed by atoms with Crippen molar-refractivity contribution in [3.63, 3.8) is 0 Å². The van der Waals surface area contributed by atoms with E-state index in [0.29, 0.717) is 0 Å². The predicted molar refractivity (Wildman–Crippen MR) is 27.2 cm³/mol. The second-order valence-corrected chi connectivity index (χ2v) is 3.22. The number of alkyl halides is 4. The van der Waals surface area contributed by atoms with Crippen LogP contribution in [0, 0.1) is 0 Å². The molecular formula is C2H2ClF3O3S. The number of halogens is 4. The molecule has 3 nitrogen and oxygen atoms in total. The Morgan fingerprint density at radius 3 is 1.80 bits per heavy atom. The summed E-state index contributed by atoms with van der Waals surface area (Å²) in [4.78, 5) is 0. The van der Waals surface area contributed by atoms with E-state index in [2.05, 4.69) is 11.6 Å². The number of hydrogen-bond donors (Lipinski definition) is 1. The number of hydrogen-bond acceptors (Lipinski definition) is 2. The molecule has 0 aromatic carbocycles. The van der Waals surface area contributed by atoms with Crippen LogP contribution in [0.1, 0.15) is 0 Å². The van der Waals surface area contributed by atoms with E-state index >= 15 is 0 Å². The molecule has 0 aromatic rings. The summed E-state index contributed by atoms with van der Waals surface area (Å²) in [5.74, 6) is 0. The lowest BCUT2D eigenvalue weighted by Crippen LogP contribution is -2.35. The van der Waals surface area contributed by atoms with Crippen LogP contribution in [0.3, 0.4) is 0 Å². The minimum Gasteiger partial charge on any atom is -0.281 e. The third-order valence-electron chi connectivity index (χ3n) is 0.598. The van der Waals surface area contributed by atoms with Crippen molar-refractivity contribution in [3.05, 3.63) is 0 Å². The van der Waals surface area contributed by atoms with E-state index in [4.69, 9.17) is 4.55 Å². The van der Waals surface area contributed by atoms with Gasteiger partial charge in [0.25, 0.3) is 5.63 Å². The third kappa shape index (κ3) is 1.74. The average molecular weight is 199 g/mol. The lowest BCUT2D eigenvalue weighted by Gasteiger charge is -2.10. The van der Waals surface area contributed by atoms with Gasteiger partial charge < -0.3 is 0 Å². The fraction of sp³-hybridized carbons (Fsp3) is 1.00. The highest BCUT2D eigenvalue weighted by Gasteiger charge is 2.52. The Morgan fingerprint density at radius 1 is 1.50 bits per heavy atom. The van der Waals surface area contributed by atoms with E-state index < -0.39 is 21.0 Å². The first kappa shape index (κ1) is 9.99.